The molecule has 2 aliphatic heterocycles. The van der Waals surface area contributed by atoms with Gasteiger partial charge in [0.15, 0.2) is 0 Å². The average Bonchev–Trinajstić information content (AvgIpc) is 3.65. The number of fused-ring (bicyclic) bond motifs is 1. The number of aromatic hydroxyl groups is 1. The molecule has 3 aromatic heterocycles. The molecule has 0 bridgehead atoms. The molecule has 0 amide bonds. The second-order valence-corrected chi connectivity index (χ2v) is 10.6. The number of amidine groups is 1. The number of aliphatic imine (C=N–C) groups is 1. The maximum Gasteiger partial charge on any atom is 0.135 e. The van der Waals surface area contributed by atoms with Crippen LogP contribution < -0.4 is 21.7 Å². The van der Waals surface area contributed by atoms with Gasteiger partial charge >= 0.3 is 0 Å². The van der Waals surface area contributed by atoms with Gasteiger partial charge in [-0.25, -0.2) is 9.51 Å². The van der Waals surface area contributed by atoms with Crippen molar-refractivity contribution in [3.05, 3.63) is 66.2 Å². The van der Waals surface area contributed by atoms with Crippen LogP contribution in [-0.2, 0) is 11.2 Å². The summed E-state index contributed by atoms with van der Waals surface area (Å²) in [5.74, 6) is 0.565. The van der Waals surface area contributed by atoms with Crippen molar-refractivity contribution in [2.24, 2.45) is 16.5 Å². The van der Waals surface area contributed by atoms with Gasteiger partial charge in [0.2, 0.25) is 0 Å². The van der Waals surface area contributed by atoms with Gasteiger partial charge in [-0.15, -0.1) is 0 Å². The zero-order chi connectivity index (χ0) is 27.6. The molecule has 1 aromatic carbocycles. The number of nitrogens with two attached hydrogens (primary N) is 2. The SMILES string of the molecule is CCc1cc(O)ccc1/N=C(\N)c1cnn2cc(-c3cnccc3N3CCC(N)CC3)cc2c1NC1CCOC1. The Kier molecular flexibility index (Phi) is 7.27. The van der Waals surface area contributed by atoms with Crippen LogP contribution in [0.15, 0.2) is 60.1 Å². The third-order valence-corrected chi connectivity index (χ3v) is 7.87. The number of rotatable bonds is 7. The first-order valence-electron chi connectivity index (χ1n) is 14.0. The van der Waals surface area contributed by atoms with Gasteiger partial charge in [-0.3, -0.25) is 4.98 Å². The van der Waals surface area contributed by atoms with E-state index in [-0.39, 0.29) is 17.8 Å². The highest BCUT2D eigenvalue weighted by molar-refractivity contribution is 6.06. The standard InChI is InChI=1S/C30H36N8O2/c1-2-19-13-23(39)3-4-26(19)36-30(32)25-16-34-38-17-20(14-28(38)29(25)35-22-8-12-40-18-22)24-15-33-9-5-27(24)37-10-6-21(31)7-11-37/h3-5,9,13-17,21-22,35,39H,2,6-8,10-12,18,31H2,1H3,(H2,32,36). The van der Waals surface area contributed by atoms with Gasteiger partial charge in [0, 0.05) is 61.1 Å². The number of hydrogen-bond donors (Lipinski definition) is 4. The summed E-state index contributed by atoms with van der Waals surface area (Å²) < 4.78 is 7.53. The summed E-state index contributed by atoms with van der Waals surface area (Å²) >= 11 is 0. The molecular formula is C30H36N8O2. The summed E-state index contributed by atoms with van der Waals surface area (Å²) in [7, 11) is 0. The number of nitrogens with zero attached hydrogens (tertiary/aromatic N) is 5. The van der Waals surface area contributed by atoms with Crippen LogP contribution in [0.4, 0.5) is 17.1 Å². The van der Waals surface area contributed by atoms with Crippen molar-refractivity contribution in [3.63, 3.8) is 0 Å². The average molecular weight is 541 g/mol. The molecule has 40 heavy (non-hydrogen) atoms. The van der Waals surface area contributed by atoms with Crippen LogP contribution in [0.1, 0.15) is 37.3 Å². The predicted octanol–water partition coefficient (Wildman–Crippen LogP) is 3.83. The van der Waals surface area contributed by atoms with Gasteiger partial charge in [-0.05, 0) is 61.6 Å². The second kappa shape index (κ2) is 11.1. The molecule has 10 heteroatoms. The first kappa shape index (κ1) is 26.1. The van der Waals surface area contributed by atoms with Gasteiger partial charge in [-0.1, -0.05) is 6.92 Å². The summed E-state index contributed by atoms with van der Waals surface area (Å²) in [6.07, 6.45) is 11.1. The summed E-state index contributed by atoms with van der Waals surface area (Å²) in [5, 5.41) is 18.3. The zero-order valence-corrected chi connectivity index (χ0v) is 22.8. The lowest BCUT2D eigenvalue weighted by atomic mass is 10.0. The number of nitrogens with one attached hydrogen (secondary N) is 1. The normalized spacial score (nSPS) is 18.5. The van der Waals surface area contributed by atoms with E-state index in [0.29, 0.717) is 12.4 Å². The minimum atomic E-state index is 0.155. The Labute approximate surface area is 233 Å². The molecule has 6 N–H and O–H groups in total. The van der Waals surface area contributed by atoms with E-state index in [0.717, 1.165) is 90.2 Å². The first-order chi connectivity index (χ1) is 19.5. The van der Waals surface area contributed by atoms with Gasteiger partial charge in [0.05, 0.1) is 41.3 Å². The Morgan fingerprint density at radius 2 is 2.02 bits per heavy atom. The molecule has 5 heterocycles. The van der Waals surface area contributed by atoms with E-state index in [1.54, 1.807) is 24.4 Å². The van der Waals surface area contributed by atoms with Crippen molar-refractivity contribution in [1.82, 2.24) is 14.6 Å². The van der Waals surface area contributed by atoms with Crippen LogP contribution in [0.5, 0.6) is 5.75 Å². The number of hydrogen-bond acceptors (Lipinski definition) is 8. The number of aryl methyl sites for hydroxylation is 1. The number of ether oxygens (including phenoxy) is 1. The van der Waals surface area contributed by atoms with Crippen LogP contribution in [0, 0.1) is 0 Å². The van der Waals surface area contributed by atoms with E-state index < -0.39 is 0 Å². The summed E-state index contributed by atoms with van der Waals surface area (Å²) in [4.78, 5) is 11.6. The topological polar surface area (TPSA) is 139 Å². The number of piperidine rings is 1. The van der Waals surface area contributed by atoms with E-state index in [4.69, 9.17) is 26.3 Å². The van der Waals surface area contributed by atoms with Gasteiger partial charge in [0.1, 0.15) is 11.6 Å². The molecule has 10 nitrogen and oxygen atoms in total. The summed E-state index contributed by atoms with van der Waals surface area (Å²) in [6.45, 7) is 5.22. The molecule has 0 saturated carbocycles. The third kappa shape index (κ3) is 5.20. The van der Waals surface area contributed by atoms with E-state index in [1.165, 1.54) is 0 Å². The molecule has 208 valence electrons. The van der Waals surface area contributed by atoms with Crippen molar-refractivity contribution in [1.29, 1.82) is 0 Å². The predicted molar refractivity (Wildman–Crippen MR) is 159 cm³/mol. The largest absolute Gasteiger partial charge is 0.508 e. The summed E-state index contributed by atoms with van der Waals surface area (Å²) in [5.41, 5.74) is 20.2. The van der Waals surface area contributed by atoms with Crippen molar-refractivity contribution in [2.45, 2.75) is 44.7 Å². The number of aromatic nitrogens is 3. The van der Waals surface area contributed by atoms with Crippen molar-refractivity contribution in [2.75, 3.05) is 36.5 Å². The fourth-order valence-electron chi connectivity index (χ4n) is 5.58. The number of pyridine rings is 1. The Balaban J connectivity index is 1.44. The fraction of sp³-hybridized carbons (Fsp3) is 0.367. The number of phenolic OH excluding ortho intramolecular Hbond substituents is 1. The van der Waals surface area contributed by atoms with Crippen molar-refractivity contribution in [3.8, 4) is 16.9 Å². The fourth-order valence-corrected chi connectivity index (χ4v) is 5.58. The molecule has 0 aliphatic carbocycles. The quantitative estimate of drug-likeness (QED) is 0.205. The molecule has 4 aromatic rings. The Bertz CT molecular complexity index is 1530. The third-order valence-electron chi connectivity index (χ3n) is 7.87. The smallest absolute Gasteiger partial charge is 0.135 e. The lowest BCUT2D eigenvalue weighted by molar-refractivity contribution is 0.195. The molecule has 1 atom stereocenters. The van der Waals surface area contributed by atoms with E-state index in [2.05, 4.69) is 27.3 Å². The number of anilines is 2. The monoisotopic (exact) mass is 540 g/mol. The number of phenols is 1. The Morgan fingerprint density at radius 1 is 1.18 bits per heavy atom. The molecular weight excluding hydrogens is 504 g/mol. The maximum absolute atomic E-state index is 9.92. The highest BCUT2D eigenvalue weighted by Gasteiger charge is 2.23. The minimum absolute atomic E-state index is 0.155. The second-order valence-electron chi connectivity index (χ2n) is 10.6. The van der Waals surface area contributed by atoms with Gasteiger partial charge in [0.25, 0.3) is 0 Å². The molecule has 2 aliphatic rings. The van der Waals surface area contributed by atoms with Crippen molar-refractivity contribution >= 4 is 28.4 Å². The molecule has 0 spiro atoms. The Hall–Kier alpha value is -4.15. The van der Waals surface area contributed by atoms with E-state index in [9.17, 15) is 5.11 Å². The van der Waals surface area contributed by atoms with Crippen LogP contribution in [0.3, 0.4) is 0 Å². The maximum atomic E-state index is 9.92. The van der Waals surface area contributed by atoms with Crippen LogP contribution in [0.2, 0.25) is 0 Å². The zero-order valence-electron chi connectivity index (χ0n) is 22.8. The lowest BCUT2D eigenvalue weighted by Crippen LogP contribution is -2.39. The molecule has 2 fully saturated rings. The summed E-state index contributed by atoms with van der Waals surface area (Å²) in [6, 6.07) is 9.77. The minimum Gasteiger partial charge on any atom is -0.508 e. The van der Waals surface area contributed by atoms with E-state index in [1.807, 2.05) is 30.0 Å². The van der Waals surface area contributed by atoms with E-state index >= 15 is 0 Å². The van der Waals surface area contributed by atoms with Crippen LogP contribution >= 0.6 is 0 Å². The number of benzene rings is 1. The highest BCUT2D eigenvalue weighted by Crippen LogP contribution is 2.35. The molecule has 1 unspecified atom stereocenters. The van der Waals surface area contributed by atoms with Crippen LogP contribution in [0.25, 0.3) is 16.6 Å². The molecule has 0 radical (unpaired) electrons. The lowest BCUT2D eigenvalue weighted by Gasteiger charge is -2.33. The van der Waals surface area contributed by atoms with Crippen LogP contribution in [-0.4, -0.2) is 63.9 Å². The molecule has 2 saturated heterocycles. The molecule has 6 rings (SSSR count). The van der Waals surface area contributed by atoms with Gasteiger partial charge in [-0.2, -0.15) is 5.10 Å². The van der Waals surface area contributed by atoms with Crippen molar-refractivity contribution < 1.29 is 9.84 Å². The first-order valence-corrected chi connectivity index (χ1v) is 14.0. The Morgan fingerprint density at radius 3 is 2.80 bits per heavy atom. The highest BCUT2D eigenvalue weighted by atomic mass is 16.5. The van der Waals surface area contributed by atoms with Gasteiger partial charge < -0.3 is 31.5 Å².